The van der Waals surface area contributed by atoms with Gasteiger partial charge in [0.1, 0.15) is 12.6 Å². The van der Waals surface area contributed by atoms with E-state index in [1.165, 1.54) is 13.1 Å². The van der Waals surface area contributed by atoms with E-state index in [9.17, 15) is 0 Å². The van der Waals surface area contributed by atoms with Crippen molar-refractivity contribution in [1.29, 1.82) is 0 Å². The van der Waals surface area contributed by atoms with Crippen molar-refractivity contribution in [3.05, 3.63) is 12.7 Å². The molecule has 3 heteroatoms. The number of hydrogen-bond acceptors (Lipinski definition) is 1. The van der Waals surface area contributed by atoms with Gasteiger partial charge in [-0.3, -0.25) is 0 Å². The van der Waals surface area contributed by atoms with Gasteiger partial charge < -0.3 is 26.2 Å². The molecule has 0 saturated carbocycles. The summed E-state index contributed by atoms with van der Waals surface area (Å²) in [5.41, 5.74) is 0. The van der Waals surface area contributed by atoms with Crippen LogP contribution in [0.2, 0.25) is 0 Å². The number of hydrogen-bond donors (Lipinski definition) is 0. The number of rotatable bonds is 3. The molecule has 0 N–H and O–H groups in total. The third-order valence-corrected chi connectivity index (χ3v) is 1.96. The highest BCUT2D eigenvalue weighted by atomic mass is 79.9. The van der Waals surface area contributed by atoms with Crippen molar-refractivity contribution in [1.82, 2.24) is 0 Å². The van der Waals surface area contributed by atoms with Crippen molar-refractivity contribution in [2.45, 2.75) is 20.0 Å². The molecular formula is C10H22BrNO. The first-order chi connectivity index (χ1) is 5.55. The molecule has 2 nitrogen and oxygen atoms in total. The van der Waals surface area contributed by atoms with Gasteiger partial charge in [0.25, 0.3) is 0 Å². The van der Waals surface area contributed by atoms with Crippen LogP contribution in [-0.4, -0.2) is 44.4 Å². The predicted octanol–water partition coefficient (Wildman–Crippen LogP) is -1.32. The fourth-order valence-corrected chi connectivity index (χ4v) is 0.854. The molecule has 1 aliphatic heterocycles. The van der Waals surface area contributed by atoms with Crippen molar-refractivity contribution in [3.8, 4) is 0 Å². The minimum absolute atomic E-state index is 0. The zero-order valence-electron chi connectivity index (χ0n) is 9.22. The molecule has 13 heavy (non-hydrogen) atoms. The van der Waals surface area contributed by atoms with E-state index in [0.29, 0.717) is 6.10 Å². The number of epoxide rings is 1. The quantitative estimate of drug-likeness (QED) is 0.345. The Morgan fingerprint density at radius 2 is 1.92 bits per heavy atom. The molecule has 1 saturated heterocycles. The van der Waals surface area contributed by atoms with Gasteiger partial charge in [-0.25, -0.2) is 0 Å². The first kappa shape index (κ1) is 15.6. The number of halogens is 1. The molecule has 0 aromatic carbocycles. The maximum Gasteiger partial charge on any atom is 0.130 e. The number of allylic oxidation sites excluding steroid dienone is 1. The van der Waals surface area contributed by atoms with Gasteiger partial charge in [0.05, 0.1) is 27.2 Å². The standard InChI is InChI=1S/C7H16NO.C3H6.BrH/c1-4-8(2,3)5-7-6-9-7;1-3-2;/h7H,4-6H2,1-3H3;3H,1H2,2H3;1H/q+1;;/p-1. The third-order valence-electron chi connectivity index (χ3n) is 1.96. The van der Waals surface area contributed by atoms with Crippen LogP contribution in [-0.2, 0) is 4.74 Å². The summed E-state index contributed by atoms with van der Waals surface area (Å²) in [6.45, 7) is 10.8. The van der Waals surface area contributed by atoms with Crippen LogP contribution in [0, 0.1) is 0 Å². The van der Waals surface area contributed by atoms with Crippen LogP contribution >= 0.6 is 0 Å². The Hall–Kier alpha value is 0.140. The van der Waals surface area contributed by atoms with Gasteiger partial charge in [0.15, 0.2) is 0 Å². The molecule has 0 aromatic heterocycles. The molecule has 1 aliphatic rings. The van der Waals surface area contributed by atoms with E-state index >= 15 is 0 Å². The molecule has 0 spiro atoms. The summed E-state index contributed by atoms with van der Waals surface area (Å²) in [6, 6.07) is 0. The first-order valence-electron chi connectivity index (χ1n) is 4.56. The number of nitrogens with zero attached hydrogens (tertiary/aromatic N) is 1. The van der Waals surface area contributed by atoms with Crippen molar-refractivity contribution < 1.29 is 26.2 Å². The SMILES string of the molecule is C=CC.CC[N+](C)(C)CC1CO1.[Br-]. The summed E-state index contributed by atoms with van der Waals surface area (Å²) in [4.78, 5) is 0. The van der Waals surface area contributed by atoms with E-state index in [1.54, 1.807) is 6.08 Å². The molecule has 1 unspecified atom stereocenters. The summed E-state index contributed by atoms with van der Waals surface area (Å²) < 4.78 is 6.22. The fraction of sp³-hybridized carbons (Fsp3) is 0.800. The Morgan fingerprint density at radius 3 is 2.15 bits per heavy atom. The maximum atomic E-state index is 5.13. The van der Waals surface area contributed by atoms with Gasteiger partial charge in [-0.2, -0.15) is 0 Å². The number of likely N-dealkylation sites (N-methyl/N-ethyl adjacent to an activating group) is 1. The lowest BCUT2D eigenvalue weighted by Gasteiger charge is -2.26. The van der Waals surface area contributed by atoms with Gasteiger partial charge in [-0.15, -0.1) is 6.58 Å². The van der Waals surface area contributed by atoms with Crippen molar-refractivity contribution in [3.63, 3.8) is 0 Å². The maximum absolute atomic E-state index is 5.13. The zero-order chi connectivity index (χ0) is 9.61. The molecule has 1 heterocycles. The second-order valence-electron chi connectivity index (χ2n) is 3.80. The van der Waals surface area contributed by atoms with Gasteiger partial charge in [0.2, 0.25) is 0 Å². The topological polar surface area (TPSA) is 12.5 Å². The predicted molar refractivity (Wildman–Crippen MR) is 53.1 cm³/mol. The third kappa shape index (κ3) is 10.1. The molecule has 1 fully saturated rings. The Balaban J connectivity index is 0. The first-order valence-corrected chi connectivity index (χ1v) is 4.56. The summed E-state index contributed by atoms with van der Waals surface area (Å²) in [7, 11) is 4.48. The minimum atomic E-state index is 0. The summed E-state index contributed by atoms with van der Waals surface area (Å²) in [5.74, 6) is 0. The van der Waals surface area contributed by atoms with Crippen LogP contribution in [0.1, 0.15) is 13.8 Å². The van der Waals surface area contributed by atoms with Crippen LogP contribution in [0.4, 0.5) is 0 Å². The summed E-state index contributed by atoms with van der Waals surface area (Å²) in [5, 5.41) is 0. The van der Waals surface area contributed by atoms with Crippen LogP contribution < -0.4 is 17.0 Å². The lowest BCUT2D eigenvalue weighted by molar-refractivity contribution is -0.888. The molecule has 0 aliphatic carbocycles. The normalized spacial score (nSPS) is 19.2. The molecule has 0 radical (unpaired) electrons. The highest BCUT2D eigenvalue weighted by molar-refractivity contribution is 4.67. The molecule has 0 bridgehead atoms. The summed E-state index contributed by atoms with van der Waals surface area (Å²) >= 11 is 0. The molecule has 1 atom stereocenters. The van der Waals surface area contributed by atoms with E-state index in [4.69, 9.17) is 4.74 Å². The van der Waals surface area contributed by atoms with Crippen LogP contribution in [0.5, 0.6) is 0 Å². The number of quaternary nitrogens is 1. The van der Waals surface area contributed by atoms with E-state index in [0.717, 1.165) is 11.1 Å². The molecule has 0 aromatic rings. The molecule has 1 rings (SSSR count). The van der Waals surface area contributed by atoms with E-state index in [1.807, 2.05) is 6.92 Å². The second kappa shape index (κ2) is 7.54. The van der Waals surface area contributed by atoms with Gasteiger partial charge >= 0.3 is 0 Å². The highest BCUT2D eigenvalue weighted by Gasteiger charge is 2.30. The summed E-state index contributed by atoms with van der Waals surface area (Å²) in [6.07, 6.45) is 2.32. The van der Waals surface area contributed by atoms with E-state index in [-0.39, 0.29) is 17.0 Å². The fourth-order valence-electron chi connectivity index (χ4n) is 0.854. The smallest absolute Gasteiger partial charge is 0.130 e. The molecule has 80 valence electrons. The van der Waals surface area contributed by atoms with E-state index < -0.39 is 0 Å². The Morgan fingerprint density at radius 1 is 1.54 bits per heavy atom. The van der Waals surface area contributed by atoms with Gasteiger partial charge in [0, 0.05) is 0 Å². The van der Waals surface area contributed by atoms with Crippen LogP contribution in [0.3, 0.4) is 0 Å². The van der Waals surface area contributed by atoms with Gasteiger partial charge in [-0.1, -0.05) is 6.08 Å². The second-order valence-corrected chi connectivity index (χ2v) is 3.80. The van der Waals surface area contributed by atoms with Crippen molar-refractivity contribution in [2.24, 2.45) is 0 Å². The monoisotopic (exact) mass is 251 g/mol. The lowest BCUT2D eigenvalue weighted by atomic mass is 10.4. The molecule has 0 amide bonds. The Labute approximate surface area is 92.9 Å². The molecular weight excluding hydrogens is 230 g/mol. The van der Waals surface area contributed by atoms with Gasteiger partial charge in [-0.05, 0) is 13.8 Å². The van der Waals surface area contributed by atoms with E-state index in [2.05, 4.69) is 27.6 Å². The average Bonchev–Trinajstić information content (AvgIpc) is 2.73. The van der Waals surface area contributed by atoms with Crippen molar-refractivity contribution in [2.75, 3.05) is 33.8 Å². The van der Waals surface area contributed by atoms with Crippen LogP contribution in [0.25, 0.3) is 0 Å². The van der Waals surface area contributed by atoms with Crippen molar-refractivity contribution >= 4 is 0 Å². The number of ether oxygens (including phenoxy) is 1. The zero-order valence-corrected chi connectivity index (χ0v) is 10.8. The van der Waals surface area contributed by atoms with Crippen LogP contribution in [0.15, 0.2) is 12.7 Å². The average molecular weight is 252 g/mol. The minimum Gasteiger partial charge on any atom is -1.00 e. The highest BCUT2D eigenvalue weighted by Crippen LogP contribution is 2.12. The lowest BCUT2D eigenvalue weighted by Crippen LogP contribution is -3.00. The largest absolute Gasteiger partial charge is 1.00 e. The Bertz CT molecular complexity index is 133. The Kier molecular flexibility index (Phi) is 9.05.